The number of nitrogens with one attached hydrogen (secondary N) is 1. The maximum atomic E-state index is 12.9. The summed E-state index contributed by atoms with van der Waals surface area (Å²) in [5, 5.41) is 3.22. The molecular weight excluding hydrogens is 608 g/mol. The molecule has 1 fully saturated rings. The molecule has 49 heavy (non-hydrogen) atoms. The van der Waals surface area contributed by atoms with Gasteiger partial charge in [-0.3, -0.25) is 9.69 Å². The molecule has 2 aliphatic rings. The molecule has 1 amide bonds. The van der Waals surface area contributed by atoms with Crippen LogP contribution in [0.25, 0.3) is 0 Å². The number of ether oxygens (including phenoxy) is 3. The van der Waals surface area contributed by atoms with Crippen molar-refractivity contribution >= 4 is 5.91 Å². The Morgan fingerprint density at radius 2 is 1.51 bits per heavy atom. The minimum Gasteiger partial charge on any atom is -0.497 e. The lowest BCUT2D eigenvalue weighted by molar-refractivity contribution is -0.121. The van der Waals surface area contributed by atoms with Crippen molar-refractivity contribution in [1.29, 1.82) is 0 Å². The first-order valence-electron chi connectivity index (χ1n) is 18.0. The number of fused-ring (bicyclic) bond motifs is 1. The smallest absolute Gasteiger partial charge is 0.220 e. The van der Waals surface area contributed by atoms with Gasteiger partial charge in [-0.05, 0) is 110 Å². The Bertz CT molecular complexity index is 1590. The highest BCUT2D eigenvalue weighted by Crippen LogP contribution is 2.42. The topological polar surface area (TPSA) is 60.0 Å². The quantitative estimate of drug-likeness (QED) is 0.133. The van der Waals surface area contributed by atoms with Crippen molar-refractivity contribution in [1.82, 2.24) is 10.2 Å². The maximum absolute atomic E-state index is 12.9. The molecular formula is C43H52N2O4. The fourth-order valence-corrected chi connectivity index (χ4v) is 8.17. The summed E-state index contributed by atoms with van der Waals surface area (Å²) in [6.45, 7) is 4.23. The summed E-state index contributed by atoms with van der Waals surface area (Å²) in [5.74, 6) is 1.87. The van der Waals surface area contributed by atoms with E-state index in [1.54, 1.807) is 14.2 Å². The van der Waals surface area contributed by atoms with Gasteiger partial charge >= 0.3 is 0 Å². The first-order chi connectivity index (χ1) is 24.0. The average Bonchev–Trinajstić information content (AvgIpc) is 3.16. The number of carbonyl (C=O) groups is 1. The van der Waals surface area contributed by atoms with Crippen LogP contribution < -0.4 is 14.8 Å². The number of aryl methyl sites for hydroxylation is 2. The Hall–Kier alpha value is -4.13. The van der Waals surface area contributed by atoms with Gasteiger partial charge in [0.1, 0.15) is 11.5 Å². The lowest BCUT2D eigenvalue weighted by Crippen LogP contribution is -2.59. The van der Waals surface area contributed by atoms with Crippen LogP contribution in [0, 0.1) is 0 Å². The third-order valence-electron chi connectivity index (χ3n) is 10.9. The normalized spacial score (nSPS) is 17.8. The van der Waals surface area contributed by atoms with Crippen LogP contribution in [0.2, 0.25) is 0 Å². The van der Waals surface area contributed by atoms with Gasteiger partial charge in [0.15, 0.2) is 0 Å². The number of methoxy groups -OCH3 is 2. The van der Waals surface area contributed by atoms with E-state index in [9.17, 15) is 4.79 Å². The van der Waals surface area contributed by atoms with Gasteiger partial charge in [-0.25, -0.2) is 0 Å². The van der Waals surface area contributed by atoms with Crippen LogP contribution >= 0.6 is 0 Å². The molecule has 1 spiro atoms. The highest BCUT2D eigenvalue weighted by atomic mass is 16.5. The highest BCUT2D eigenvalue weighted by Gasteiger charge is 2.42. The van der Waals surface area contributed by atoms with Crippen LogP contribution in [0.1, 0.15) is 66.3 Å². The van der Waals surface area contributed by atoms with Crippen LogP contribution in [0.15, 0.2) is 103 Å². The molecule has 0 bridgehead atoms. The summed E-state index contributed by atoms with van der Waals surface area (Å²) in [6, 6.07) is 36.6. The SMILES string of the molecule is COc1ccc(CCC(=O)NCCCC(CCCN2CCOCC23CCc2ccc(OC)cc2C3)(c2ccccc2)c2ccccc2)cc1. The fourth-order valence-electron chi connectivity index (χ4n) is 8.17. The molecule has 1 unspecified atom stereocenters. The summed E-state index contributed by atoms with van der Waals surface area (Å²) in [5.41, 5.74) is 6.55. The zero-order valence-corrected chi connectivity index (χ0v) is 29.3. The number of morpholine rings is 1. The van der Waals surface area contributed by atoms with Crippen molar-refractivity contribution in [2.24, 2.45) is 0 Å². The van der Waals surface area contributed by atoms with Gasteiger partial charge in [-0.1, -0.05) is 78.9 Å². The van der Waals surface area contributed by atoms with Crippen LogP contribution in [-0.2, 0) is 34.2 Å². The summed E-state index contributed by atoms with van der Waals surface area (Å²) < 4.78 is 17.0. The van der Waals surface area contributed by atoms with Gasteiger partial charge in [0.2, 0.25) is 5.91 Å². The Morgan fingerprint density at radius 1 is 0.837 bits per heavy atom. The second kappa shape index (κ2) is 16.5. The van der Waals surface area contributed by atoms with E-state index >= 15 is 0 Å². The third-order valence-corrected chi connectivity index (χ3v) is 10.9. The minimum atomic E-state index is -0.150. The van der Waals surface area contributed by atoms with Gasteiger partial charge < -0.3 is 19.5 Å². The van der Waals surface area contributed by atoms with Crippen molar-refractivity contribution in [3.8, 4) is 11.5 Å². The zero-order valence-electron chi connectivity index (χ0n) is 29.3. The molecule has 258 valence electrons. The van der Waals surface area contributed by atoms with Gasteiger partial charge in [0.25, 0.3) is 0 Å². The molecule has 0 aromatic heterocycles. The van der Waals surface area contributed by atoms with Crippen molar-refractivity contribution in [3.63, 3.8) is 0 Å². The fraction of sp³-hybridized carbons (Fsp3) is 0.419. The van der Waals surface area contributed by atoms with Crippen molar-refractivity contribution in [3.05, 3.63) is 131 Å². The molecule has 1 aliphatic carbocycles. The van der Waals surface area contributed by atoms with E-state index in [4.69, 9.17) is 14.2 Å². The predicted octanol–water partition coefficient (Wildman–Crippen LogP) is 7.56. The molecule has 4 aromatic carbocycles. The molecule has 1 atom stereocenters. The summed E-state index contributed by atoms with van der Waals surface area (Å²) in [4.78, 5) is 15.6. The molecule has 1 saturated heterocycles. The Kier molecular flexibility index (Phi) is 11.7. The van der Waals surface area contributed by atoms with Gasteiger partial charge in [-0.15, -0.1) is 0 Å². The highest BCUT2D eigenvalue weighted by molar-refractivity contribution is 5.76. The first kappa shape index (κ1) is 34.7. The molecule has 0 saturated carbocycles. The number of hydrogen-bond acceptors (Lipinski definition) is 5. The van der Waals surface area contributed by atoms with E-state index in [2.05, 4.69) is 89.1 Å². The van der Waals surface area contributed by atoms with Gasteiger partial charge in [0.05, 0.1) is 27.4 Å². The van der Waals surface area contributed by atoms with Crippen molar-refractivity contribution in [2.45, 2.75) is 68.7 Å². The Morgan fingerprint density at radius 3 is 2.20 bits per heavy atom. The maximum Gasteiger partial charge on any atom is 0.220 e. The number of hydrogen-bond donors (Lipinski definition) is 1. The van der Waals surface area contributed by atoms with Gasteiger partial charge in [-0.2, -0.15) is 0 Å². The van der Waals surface area contributed by atoms with Crippen molar-refractivity contribution in [2.75, 3.05) is 47.1 Å². The number of carbonyl (C=O) groups excluding carboxylic acids is 1. The number of amides is 1. The van der Waals surface area contributed by atoms with Crippen LogP contribution in [0.5, 0.6) is 11.5 Å². The predicted molar refractivity (Wildman–Crippen MR) is 197 cm³/mol. The lowest BCUT2D eigenvalue weighted by atomic mass is 9.68. The van der Waals surface area contributed by atoms with Crippen LogP contribution in [0.3, 0.4) is 0 Å². The summed E-state index contributed by atoms with van der Waals surface area (Å²) in [7, 11) is 3.42. The monoisotopic (exact) mass is 660 g/mol. The van der Waals surface area contributed by atoms with Crippen molar-refractivity contribution < 1.29 is 19.0 Å². The van der Waals surface area contributed by atoms with Crippen LogP contribution in [-0.4, -0.2) is 63.4 Å². The Balaban J connectivity index is 1.14. The van der Waals surface area contributed by atoms with E-state index in [0.717, 1.165) is 94.7 Å². The first-order valence-corrected chi connectivity index (χ1v) is 18.0. The second-order valence-corrected chi connectivity index (χ2v) is 13.8. The standard InChI is InChI=1S/C43H52N2O4/c1-47-39-19-15-34(16-20-39)17-22-41(46)44-27-9-24-43(37-11-5-3-6-12-37,38-13-7-4-8-14-38)25-10-28-45-29-30-49-33-42(45)26-23-35-18-21-40(48-2)31-36(35)32-42/h3-8,11-16,18-21,31H,9-10,17,22-30,32-33H2,1-2H3,(H,44,46). The second-order valence-electron chi connectivity index (χ2n) is 13.8. The third kappa shape index (κ3) is 8.37. The lowest BCUT2D eigenvalue weighted by Gasteiger charge is -2.50. The van der Waals surface area contributed by atoms with E-state index < -0.39 is 0 Å². The molecule has 1 heterocycles. The molecule has 4 aromatic rings. The molecule has 0 radical (unpaired) electrons. The zero-order chi connectivity index (χ0) is 33.9. The van der Waals surface area contributed by atoms with Crippen LogP contribution in [0.4, 0.5) is 0 Å². The summed E-state index contributed by atoms with van der Waals surface area (Å²) >= 11 is 0. The average molecular weight is 661 g/mol. The van der Waals surface area contributed by atoms with Gasteiger partial charge in [0, 0.05) is 30.5 Å². The number of benzene rings is 4. The molecule has 6 rings (SSSR count). The molecule has 6 heteroatoms. The number of nitrogens with zero attached hydrogens (tertiary/aromatic N) is 1. The number of rotatable bonds is 15. The van der Waals surface area contributed by atoms with E-state index in [1.165, 1.54) is 22.3 Å². The molecule has 1 aliphatic heterocycles. The molecule has 1 N–H and O–H groups in total. The largest absolute Gasteiger partial charge is 0.497 e. The van der Waals surface area contributed by atoms with E-state index in [1.807, 2.05) is 24.3 Å². The van der Waals surface area contributed by atoms with E-state index in [-0.39, 0.29) is 16.9 Å². The summed E-state index contributed by atoms with van der Waals surface area (Å²) in [6.07, 6.45) is 8.36. The minimum absolute atomic E-state index is 0.0237. The Labute approximate surface area is 292 Å². The van der Waals surface area contributed by atoms with E-state index in [0.29, 0.717) is 13.0 Å². The molecule has 6 nitrogen and oxygen atoms in total.